The van der Waals surface area contributed by atoms with Gasteiger partial charge in [0.05, 0.1) is 0 Å². The number of aromatic amines is 1. The van der Waals surface area contributed by atoms with Crippen LogP contribution in [0.15, 0.2) is 18.2 Å². The molecule has 1 aliphatic rings. The lowest BCUT2D eigenvalue weighted by atomic mass is 9.83. The Balaban J connectivity index is 2.12. The number of aryl methyl sites for hydroxylation is 1. The van der Waals surface area contributed by atoms with Gasteiger partial charge in [-0.1, -0.05) is 26.8 Å². The van der Waals surface area contributed by atoms with Crippen molar-refractivity contribution in [3.05, 3.63) is 35.0 Å². The normalized spacial score (nSPS) is 19.7. The van der Waals surface area contributed by atoms with Crippen LogP contribution in [0.3, 0.4) is 0 Å². The number of hydrogen-bond donors (Lipinski definition) is 2. The molecule has 0 amide bonds. The molecule has 0 aliphatic heterocycles. The molecule has 0 spiro atoms. The van der Waals surface area contributed by atoms with Crippen molar-refractivity contribution in [3.8, 4) is 0 Å². The maximum absolute atomic E-state index is 5.86. The second-order valence-corrected chi connectivity index (χ2v) is 6.94. The number of nitrogens with one attached hydrogen (secondary N) is 1. The summed E-state index contributed by atoms with van der Waals surface area (Å²) in [5.74, 6) is 0.657. The number of aromatic nitrogens is 1. The predicted octanol–water partition coefficient (Wildman–Crippen LogP) is 3.53. The summed E-state index contributed by atoms with van der Waals surface area (Å²) in [6.45, 7) is 7.63. The zero-order valence-corrected chi connectivity index (χ0v) is 12.2. The van der Waals surface area contributed by atoms with Crippen LogP contribution < -0.4 is 5.73 Å². The van der Waals surface area contributed by atoms with Gasteiger partial charge in [0.25, 0.3) is 0 Å². The number of rotatable bonds is 1. The molecule has 1 atom stereocenters. The first-order valence-electron chi connectivity index (χ1n) is 7.33. The number of fused-ring (bicyclic) bond motifs is 3. The quantitative estimate of drug-likeness (QED) is 0.805. The first kappa shape index (κ1) is 12.7. The highest BCUT2D eigenvalue weighted by molar-refractivity contribution is 5.86. The first-order valence-corrected chi connectivity index (χ1v) is 7.33. The summed E-state index contributed by atoms with van der Waals surface area (Å²) in [4.78, 5) is 3.60. The summed E-state index contributed by atoms with van der Waals surface area (Å²) in [5, 5.41) is 1.42. The third-order valence-corrected chi connectivity index (χ3v) is 4.49. The molecule has 2 nitrogen and oxygen atoms in total. The lowest BCUT2D eigenvalue weighted by Crippen LogP contribution is -2.21. The van der Waals surface area contributed by atoms with Crippen LogP contribution in [-0.4, -0.2) is 11.5 Å². The molecule has 3 N–H and O–H groups in total. The van der Waals surface area contributed by atoms with E-state index >= 15 is 0 Å². The van der Waals surface area contributed by atoms with E-state index in [4.69, 9.17) is 5.73 Å². The van der Waals surface area contributed by atoms with Crippen molar-refractivity contribution in [1.82, 2.24) is 4.98 Å². The van der Waals surface area contributed by atoms with Gasteiger partial charge in [0.1, 0.15) is 0 Å². The van der Waals surface area contributed by atoms with Crippen LogP contribution in [0.1, 0.15) is 44.0 Å². The van der Waals surface area contributed by atoms with Gasteiger partial charge in [0.15, 0.2) is 0 Å². The fourth-order valence-electron chi connectivity index (χ4n) is 3.16. The summed E-state index contributed by atoms with van der Waals surface area (Å²) >= 11 is 0. The molecule has 1 aliphatic carbocycles. The molecule has 0 radical (unpaired) electrons. The molecule has 1 heterocycles. The van der Waals surface area contributed by atoms with Crippen LogP contribution >= 0.6 is 0 Å². The lowest BCUT2D eigenvalue weighted by molar-refractivity contribution is 0.468. The van der Waals surface area contributed by atoms with Gasteiger partial charge in [-0.25, -0.2) is 0 Å². The van der Waals surface area contributed by atoms with Crippen molar-refractivity contribution in [2.24, 2.45) is 11.7 Å². The molecule has 1 aromatic heterocycles. The molecule has 1 unspecified atom stereocenters. The Hall–Kier alpha value is -1.28. The smallest absolute Gasteiger partial charge is 0.0459 e. The Labute approximate surface area is 115 Å². The van der Waals surface area contributed by atoms with Crippen LogP contribution in [0.4, 0.5) is 0 Å². The summed E-state index contributed by atoms with van der Waals surface area (Å²) in [6, 6.07) is 6.87. The molecule has 2 heteroatoms. The van der Waals surface area contributed by atoms with E-state index in [0.717, 1.165) is 19.4 Å². The van der Waals surface area contributed by atoms with Crippen LogP contribution in [0.2, 0.25) is 0 Å². The molecule has 0 fully saturated rings. The topological polar surface area (TPSA) is 41.8 Å². The zero-order chi connectivity index (χ0) is 13.6. The van der Waals surface area contributed by atoms with Crippen molar-refractivity contribution in [3.63, 3.8) is 0 Å². The van der Waals surface area contributed by atoms with Crippen molar-refractivity contribution in [1.29, 1.82) is 0 Å². The monoisotopic (exact) mass is 256 g/mol. The first-order chi connectivity index (χ1) is 8.99. The Morgan fingerprint density at radius 1 is 1.32 bits per heavy atom. The average molecular weight is 256 g/mol. The predicted molar refractivity (Wildman–Crippen MR) is 81.6 cm³/mol. The van der Waals surface area contributed by atoms with Gasteiger partial charge in [-0.3, -0.25) is 0 Å². The summed E-state index contributed by atoms with van der Waals surface area (Å²) < 4.78 is 0. The summed E-state index contributed by atoms with van der Waals surface area (Å²) in [6.07, 6.45) is 3.51. The highest BCUT2D eigenvalue weighted by atomic mass is 14.7. The fraction of sp³-hybridized carbons (Fsp3) is 0.529. The average Bonchev–Trinajstić information content (AvgIpc) is 2.74. The number of benzene rings is 1. The van der Waals surface area contributed by atoms with Crippen molar-refractivity contribution in [2.45, 2.75) is 45.4 Å². The molecular weight excluding hydrogens is 232 g/mol. The van der Waals surface area contributed by atoms with E-state index in [1.165, 1.54) is 34.1 Å². The van der Waals surface area contributed by atoms with E-state index in [1.807, 2.05) is 0 Å². The maximum Gasteiger partial charge on any atom is 0.0459 e. The molecule has 1 aromatic carbocycles. The molecule has 0 saturated carbocycles. The van der Waals surface area contributed by atoms with Gasteiger partial charge >= 0.3 is 0 Å². The third kappa shape index (κ3) is 2.18. The fourth-order valence-corrected chi connectivity index (χ4v) is 3.16. The maximum atomic E-state index is 5.86. The second kappa shape index (κ2) is 4.38. The largest absolute Gasteiger partial charge is 0.358 e. The van der Waals surface area contributed by atoms with Gasteiger partial charge in [-0.15, -0.1) is 0 Å². The second-order valence-electron chi connectivity index (χ2n) is 6.94. The molecule has 0 bridgehead atoms. The van der Waals surface area contributed by atoms with Gasteiger partial charge in [0.2, 0.25) is 0 Å². The van der Waals surface area contributed by atoms with E-state index in [2.05, 4.69) is 44.0 Å². The third-order valence-electron chi connectivity index (χ3n) is 4.49. The van der Waals surface area contributed by atoms with Crippen molar-refractivity contribution in [2.75, 3.05) is 6.54 Å². The van der Waals surface area contributed by atoms with Crippen LogP contribution in [0.25, 0.3) is 10.9 Å². The number of hydrogen-bond acceptors (Lipinski definition) is 1. The van der Waals surface area contributed by atoms with Gasteiger partial charge in [-0.05, 0) is 60.4 Å². The molecule has 2 aromatic rings. The number of nitrogens with two attached hydrogens (primary N) is 1. The van der Waals surface area contributed by atoms with Gasteiger partial charge in [-0.2, -0.15) is 0 Å². The van der Waals surface area contributed by atoms with Gasteiger partial charge in [0, 0.05) is 16.6 Å². The number of H-pyrrole nitrogens is 1. The van der Waals surface area contributed by atoms with Crippen molar-refractivity contribution < 1.29 is 0 Å². The minimum Gasteiger partial charge on any atom is -0.358 e. The highest BCUT2D eigenvalue weighted by Crippen LogP contribution is 2.34. The van der Waals surface area contributed by atoms with E-state index in [9.17, 15) is 0 Å². The van der Waals surface area contributed by atoms with Crippen LogP contribution in [-0.2, 0) is 18.3 Å². The molecule has 19 heavy (non-hydrogen) atoms. The van der Waals surface area contributed by atoms with Crippen molar-refractivity contribution >= 4 is 10.9 Å². The van der Waals surface area contributed by atoms with E-state index in [-0.39, 0.29) is 5.41 Å². The van der Waals surface area contributed by atoms with Crippen LogP contribution in [0, 0.1) is 5.92 Å². The minimum absolute atomic E-state index is 0.209. The summed E-state index contributed by atoms with van der Waals surface area (Å²) in [5.41, 5.74) is 11.7. The van der Waals surface area contributed by atoms with Gasteiger partial charge < -0.3 is 10.7 Å². The molecular formula is C17H24N2. The highest BCUT2D eigenvalue weighted by Gasteiger charge is 2.23. The van der Waals surface area contributed by atoms with Crippen LogP contribution in [0.5, 0.6) is 0 Å². The van der Waals surface area contributed by atoms with E-state index in [1.54, 1.807) is 0 Å². The SMILES string of the molecule is CC(C)(C)c1ccc2[nH]c3c(c2c1)CC(CN)CC3. The Bertz CT molecular complexity index is 601. The Kier molecular flexibility index (Phi) is 2.94. The molecule has 102 valence electrons. The van der Waals surface area contributed by atoms with E-state index in [0.29, 0.717) is 5.92 Å². The Morgan fingerprint density at radius 2 is 2.11 bits per heavy atom. The minimum atomic E-state index is 0.209. The summed E-state index contributed by atoms with van der Waals surface area (Å²) in [7, 11) is 0. The zero-order valence-electron chi connectivity index (χ0n) is 12.2. The standard InChI is InChI=1S/C17H24N2/c1-17(2,3)12-5-7-16-14(9-12)13-8-11(10-18)4-6-15(13)19-16/h5,7,9,11,19H,4,6,8,10,18H2,1-3H3. The Morgan fingerprint density at radius 3 is 2.79 bits per heavy atom. The lowest BCUT2D eigenvalue weighted by Gasteiger charge is -2.21. The van der Waals surface area contributed by atoms with E-state index < -0.39 is 0 Å². The molecule has 3 rings (SSSR count). The molecule has 0 saturated heterocycles.